The monoisotopic (exact) mass is 610 g/mol. The maximum Gasteiger partial charge on any atom is 0.307 e. The minimum atomic E-state index is -0.869. The molecule has 0 aliphatic carbocycles. The molecule has 3 heterocycles. The summed E-state index contributed by atoms with van der Waals surface area (Å²) >= 11 is 0. The number of nitrogens with zero attached hydrogens (tertiary/aromatic N) is 2. The topological polar surface area (TPSA) is 82.9 Å². The van der Waals surface area contributed by atoms with Crippen LogP contribution < -0.4 is 4.74 Å². The van der Waals surface area contributed by atoms with E-state index in [-0.39, 0.29) is 12.2 Å². The highest BCUT2D eigenvalue weighted by Crippen LogP contribution is 2.41. The first kappa shape index (κ1) is 32.3. The first-order valence-corrected chi connectivity index (χ1v) is 15.6. The van der Waals surface area contributed by atoms with E-state index in [2.05, 4.69) is 35.2 Å². The molecule has 6 rings (SSSR count). The lowest BCUT2D eigenvalue weighted by molar-refractivity contribution is -0.136. The van der Waals surface area contributed by atoms with Gasteiger partial charge in [-0.15, -0.1) is 0 Å². The van der Waals surface area contributed by atoms with Gasteiger partial charge in [-0.1, -0.05) is 36.4 Å². The lowest BCUT2D eigenvalue weighted by Gasteiger charge is -2.29. The molecule has 3 aromatic carbocycles. The van der Waals surface area contributed by atoms with Gasteiger partial charge in [0.05, 0.1) is 18.6 Å². The maximum atomic E-state index is 13.7. The zero-order valence-electron chi connectivity index (χ0n) is 26.9. The van der Waals surface area contributed by atoms with Gasteiger partial charge in [0.2, 0.25) is 0 Å². The molecule has 4 aromatic rings. The fourth-order valence-corrected chi connectivity index (χ4v) is 6.24. The summed E-state index contributed by atoms with van der Waals surface area (Å²) in [6, 6.07) is 19.6. The zero-order chi connectivity index (χ0) is 32.3. The van der Waals surface area contributed by atoms with Crippen LogP contribution in [0.1, 0.15) is 66.4 Å². The highest BCUT2D eigenvalue weighted by atomic mass is 19.1. The molecule has 0 radical (unpaired) electrons. The van der Waals surface area contributed by atoms with Crippen molar-refractivity contribution in [3.05, 3.63) is 106 Å². The number of aliphatic hydroxyl groups is 1. The van der Waals surface area contributed by atoms with Gasteiger partial charge in [0.15, 0.2) is 0 Å². The molecule has 0 saturated heterocycles. The molecule has 1 aromatic heterocycles. The number of aliphatic carboxylic acids is 1. The van der Waals surface area contributed by atoms with E-state index in [9.17, 15) is 14.3 Å². The van der Waals surface area contributed by atoms with E-state index in [1.807, 2.05) is 26.0 Å². The highest BCUT2D eigenvalue weighted by Gasteiger charge is 2.24. The van der Waals surface area contributed by atoms with Crippen molar-refractivity contribution in [1.82, 2.24) is 9.88 Å². The summed E-state index contributed by atoms with van der Waals surface area (Å²) in [5.74, 6) is -0.160. The van der Waals surface area contributed by atoms with Crippen molar-refractivity contribution in [2.24, 2.45) is 0 Å². The van der Waals surface area contributed by atoms with E-state index >= 15 is 0 Å². The number of aromatic nitrogens is 1. The summed E-state index contributed by atoms with van der Waals surface area (Å²) in [6.45, 7) is 12.3. The molecular formula is C38H43FN2O4. The van der Waals surface area contributed by atoms with Crippen LogP contribution in [0.2, 0.25) is 0 Å². The number of rotatable bonds is 6. The summed E-state index contributed by atoms with van der Waals surface area (Å²) in [5.41, 5.74) is 10.6. The number of hydrogen-bond acceptors (Lipinski definition) is 5. The van der Waals surface area contributed by atoms with Crippen LogP contribution in [-0.4, -0.2) is 44.8 Å². The van der Waals surface area contributed by atoms with Crippen LogP contribution in [-0.2, 0) is 37.1 Å². The van der Waals surface area contributed by atoms with Crippen LogP contribution >= 0.6 is 0 Å². The fraction of sp³-hybridized carbons (Fsp3) is 0.368. The summed E-state index contributed by atoms with van der Waals surface area (Å²) in [5, 5.41) is 18.3. The summed E-state index contributed by atoms with van der Waals surface area (Å²) in [4.78, 5) is 19.1. The van der Waals surface area contributed by atoms with Gasteiger partial charge in [-0.25, -0.2) is 4.39 Å². The molecule has 0 spiro atoms. The molecule has 2 N–H and O–H groups in total. The average Bonchev–Trinajstić information content (AvgIpc) is 2.97. The van der Waals surface area contributed by atoms with Crippen LogP contribution in [0.4, 0.5) is 4.39 Å². The fourth-order valence-electron chi connectivity index (χ4n) is 6.24. The second kappa shape index (κ2) is 13.5. The normalized spacial score (nSPS) is 14.5. The Morgan fingerprint density at radius 2 is 1.64 bits per heavy atom. The lowest BCUT2D eigenvalue weighted by Crippen LogP contribution is -2.30. The Morgan fingerprint density at radius 1 is 0.933 bits per heavy atom. The van der Waals surface area contributed by atoms with Crippen molar-refractivity contribution >= 4 is 5.97 Å². The molecule has 0 bridgehead atoms. The number of carbonyl (C=O) groups is 1. The molecule has 0 unspecified atom stereocenters. The minimum Gasteiger partial charge on any atom is -0.493 e. The van der Waals surface area contributed by atoms with Gasteiger partial charge in [0, 0.05) is 36.6 Å². The van der Waals surface area contributed by atoms with Crippen molar-refractivity contribution in [2.45, 2.75) is 79.0 Å². The van der Waals surface area contributed by atoms with E-state index < -0.39 is 11.6 Å². The first-order valence-electron chi connectivity index (χ1n) is 15.6. The SMILES string of the molecule is CC(C)(C)O.Cc1nc(C)c(-c2ccc3c(c2)CCN(Cc2cccc(F)c2)C3)c(-c2ccc3c(c2)CCCO3)c1CC(=O)O. The number of hydrogen-bond donors (Lipinski definition) is 2. The molecule has 0 atom stereocenters. The molecule has 2 aliphatic rings. The molecule has 236 valence electrons. The van der Waals surface area contributed by atoms with Crippen molar-refractivity contribution in [1.29, 1.82) is 0 Å². The molecule has 6 nitrogen and oxygen atoms in total. The zero-order valence-corrected chi connectivity index (χ0v) is 26.9. The number of carboxylic acids is 1. The van der Waals surface area contributed by atoms with E-state index in [4.69, 9.17) is 14.8 Å². The van der Waals surface area contributed by atoms with E-state index in [0.29, 0.717) is 6.54 Å². The number of pyridine rings is 1. The number of halogens is 1. The minimum absolute atomic E-state index is 0.0883. The third-order valence-corrected chi connectivity index (χ3v) is 8.09. The van der Waals surface area contributed by atoms with Crippen LogP contribution in [0.25, 0.3) is 22.3 Å². The Hall–Kier alpha value is -4.07. The quantitative estimate of drug-likeness (QED) is 0.236. The molecule has 7 heteroatoms. The van der Waals surface area contributed by atoms with Crippen molar-refractivity contribution in [3.63, 3.8) is 0 Å². The standard InChI is InChI=1S/C34H33FN2O3.C4H10O/c1-21-30(18-32(38)39)34(27-10-11-31-25(17-27)6-4-14-40-31)33(22(2)36-21)26-8-9-28-20-37(13-12-24(28)16-26)19-23-5-3-7-29(35)15-23;1-4(2,3)5/h3,5,7-11,15-17H,4,6,12-14,18-20H2,1-2H3,(H,38,39);5H,1-3H3. The summed E-state index contributed by atoms with van der Waals surface area (Å²) in [7, 11) is 0. The Kier molecular flexibility index (Phi) is 9.70. The number of ether oxygens (including phenoxy) is 1. The highest BCUT2D eigenvalue weighted by molar-refractivity contribution is 5.90. The second-order valence-electron chi connectivity index (χ2n) is 13.1. The average molecular weight is 611 g/mol. The van der Waals surface area contributed by atoms with E-state index in [0.717, 1.165) is 95.0 Å². The van der Waals surface area contributed by atoms with Crippen LogP contribution in [0.5, 0.6) is 5.75 Å². The van der Waals surface area contributed by atoms with Gasteiger partial charge < -0.3 is 14.9 Å². The van der Waals surface area contributed by atoms with Crippen LogP contribution in [0.15, 0.2) is 60.7 Å². The molecular weight excluding hydrogens is 567 g/mol. The maximum absolute atomic E-state index is 13.7. The Morgan fingerprint density at radius 3 is 2.38 bits per heavy atom. The largest absolute Gasteiger partial charge is 0.493 e. The second-order valence-corrected chi connectivity index (χ2v) is 13.1. The Labute approximate surface area is 265 Å². The molecule has 0 fully saturated rings. The predicted molar refractivity (Wildman–Crippen MR) is 176 cm³/mol. The van der Waals surface area contributed by atoms with Crippen molar-refractivity contribution < 1.29 is 24.1 Å². The molecule has 0 saturated carbocycles. The van der Waals surface area contributed by atoms with E-state index in [1.165, 1.54) is 17.2 Å². The third kappa shape index (κ3) is 8.16. The number of aryl methyl sites for hydroxylation is 3. The predicted octanol–water partition coefficient (Wildman–Crippen LogP) is 7.46. The lowest BCUT2D eigenvalue weighted by atomic mass is 9.85. The summed E-state index contributed by atoms with van der Waals surface area (Å²) in [6.07, 6.45) is 2.72. The van der Waals surface area contributed by atoms with Gasteiger partial charge in [0.1, 0.15) is 11.6 Å². The van der Waals surface area contributed by atoms with Crippen LogP contribution in [0, 0.1) is 19.7 Å². The Balaban J connectivity index is 0.000000743. The number of benzene rings is 3. The Bertz CT molecular complexity index is 1700. The van der Waals surface area contributed by atoms with Gasteiger partial charge in [-0.2, -0.15) is 0 Å². The van der Waals surface area contributed by atoms with Crippen LogP contribution in [0.3, 0.4) is 0 Å². The number of fused-ring (bicyclic) bond motifs is 2. The van der Waals surface area contributed by atoms with Gasteiger partial charge in [-0.3, -0.25) is 14.7 Å². The number of carboxylic acid groups (broad SMARTS) is 1. The van der Waals surface area contributed by atoms with Crippen molar-refractivity contribution in [3.8, 4) is 28.0 Å². The summed E-state index contributed by atoms with van der Waals surface area (Å²) < 4.78 is 19.6. The molecule has 2 aliphatic heterocycles. The first-order chi connectivity index (χ1) is 21.4. The van der Waals surface area contributed by atoms with E-state index in [1.54, 1.807) is 32.9 Å². The van der Waals surface area contributed by atoms with Gasteiger partial charge in [-0.05, 0) is 123 Å². The smallest absolute Gasteiger partial charge is 0.307 e. The van der Waals surface area contributed by atoms with Gasteiger partial charge in [0.25, 0.3) is 0 Å². The molecule has 0 amide bonds. The van der Waals surface area contributed by atoms with Gasteiger partial charge >= 0.3 is 5.97 Å². The molecule has 45 heavy (non-hydrogen) atoms. The third-order valence-electron chi connectivity index (χ3n) is 8.09. The van der Waals surface area contributed by atoms with Crippen molar-refractivity contribution in [2.75, 3.05) is 13.2 Å².